The second-order valence-corrected chi connectivity index (χ2v) is 7.43. The molecule has 7 heteroatoms. The van der Waals surface area contributed by atoms with E-state index in [4.69, 9.17) is 25.5 Å². The molecule has 0 aliphatic carbocycles. The van der Waals surface area contributed by atoms with Crippen LogP contribution >= 0.6 is 12.2 Å². The predicted molar refractivity (Wildman–Crippen MR) is 79.7 cm³/mol. The number of hydrogen-bond donors (Lipinski definition) is 2. The number of rotatable bonds is 10. The lowest BCUT2D eigenvalue weighted by molar-refractivity contribution is 0.123. The number of nitrogens with one attached hydrogen (secondary N) is 2. The maximum Gasteiger partial charge on any atom is 0.280 e. The van der Waals surface area contributed by atoms with Gasteiger partial charge >= 0.3 is 0 Å². The van der Waals surface area contributed by atoms with Crippen LogP contribution in [0.1, 0.15) is 26.2 Å². The Morgan fingerprint density at radius 2 is 1.50 bits per heavy atom. The maximum atomic E-state index is 5.34. The molecule has 0 aliphatic rings. The average Bonchev–Trinajstić information content (AvgIpc) is 2.40. The predicted octanol–water partition coefficient (Wildman–Crippen LogP) is 1.52. The molecule has 5 nitrogen and oxygen atoms in total. The number of hydrogen-bond acceptors (Lipinski definition) is 4. The van der Waals surface area contributed by atoms with Gasteiger partial charge in [0, 0.05) is 13.1 Å². The molecule has 0 aromatic heterocycles. The minimum atomic E-state index is -2.42. The lowest BCUT2D eigenvalue weighted by Crippen LogP contribution is -2.43. The van der Waals surface area contributed by atoms with Crippen LogP contribution in [0.25, 0.3) is 0 Å². The van der Waals surface area contributed by atoms with Gasteiger partial charge in [0.2, 0.25) is 0 Å². The van der Waals surface area contributed by atoms with Crippen LogP contribution in [-0.4, -0.2) is 48.3 Å². The van der Waals surface area contributed by atoms with E-state index in [2.05, 4.69) is 17.6 Å². The van der Waals surface area contributed by atoms with Crippen LogP contribution in [0.4, 0.5) is 0 Å². The fraction of sp³-hybridized carbons (Fsp3) is 0.909. The summed E-state index contributed by atoms with van der Waals surface area (Å²) >= 11 is 5.15. The van der Waals surface area contributed by atoms with Crippen molar-refractivity contribution in [2.45, 2.75) is 32.2 Å². The summed E-state index contributed by atoms with van der Waals surface area (Å²) in [6.45, 7) is 3.88. The summed E-state index contributed by atoms with van der Waals surface area (Å²) in [5.74, 6) is 0. The van der Waals surface area contributed by atoms with Crippen molar-refractivity contribution in [3.8, 4) is 0 Å². The van der Waals surface area contributed by atoms with Gasteiger partial charge in [-0.2, -0.15) is 0 Å². The summed E-state index contributed by atoms with van der Waals surface area (Å²) in [5, 5.41) is 7.03. The van der Waals surface area contributed by atoms with Gasteiger partial charge in [-0.25, -0.2) is 0 Å². The van der Waals surface area contributed by atoms with Crippen LogP contribution in [0, 0.1) is 0 Å². The van der Waals surface area contributed by atoms with Gasteiger partial charge in [-0.1, -0.05) is 25.8 Å². The van der Waals surface area contributed by atoms with Crippen molar-refractivity contribution in [3.63, 3.8) is 0 Å². The van der Waals surface area contributed by atoms with Crippen molar-refractivity contribution in [2.75, 3.05) is 34.4 Å². The normalized spacial score (nSPS) is 11.3. The summed E-state index contributed by atoms with van der Waals surface area (Å²) in [6.07, 6.45) is 3.20. The molecular weight excluding hydrogens is 268 g/mol. The Morgan fingerprint density at radius 3 is 1.94 bits per heavy atom. The fourth-order valence-corrected chi connectivity index (χ4v) is 3.43. The molecule has 0 atom stereocenters. The summed E-state index contributed by atoms with van der Waals surface area (Å²) in [6, 6.07) is 0.779. The molecule has 0 unspecified atom stereocenters. The summed E-state index contributed by atoms with van der Waals surface area (Å²) in [5.41, 5.74) is 0. The van der Waals surface area contributed by atoms with Crippen molar-refractivity contribution in [1.29, 1.82) is 0 Å². The van der Waals surface area contributed by atoms with Crippen LogP contribution in [0.5, 0.6) is 0 Å². The molecule has 0 fully saturated rings. The second kappa shape index (κ2) is 10.7. The van der Waals surface area contributed by atoms with E-state index in [1.165, 1.54) is 6.42 Å². The molecule has 0 saturated carbocycles. The Balaban J connectivity index is 3.68. The molecule has 0 aliphatic heterocycles. The largest absolute Gasteiger partial charge is 0.527 e. The zero-order valence-electron chi connectivity index (χ0n) is 11.9. The van der Waals surface area contributed by atoms with Gasteiger partial charge in [0.15, 0.2) is 5.11 Å². The quantitative estimate of drug-likeness (QED) is 0.362. The minimum Gasteiger partial charge on any atom is -0.527 e. The highest BCUT2D eigenvalue weighted by atomic mass is 32.1. The molecule has 0 heterocycles. The first-order chi connectivity index (χ1) is 8.64. The molecule has 2 N–H and O–H groups in total. The molecule has 0 aromatic rings. The van der Waals surface area contributed by atoms with Crippen LogP contribution in [0.3, 0.4) is 0 Å². The molecule has 0 aromatic carbocycles. The SMILES string of the molecule is CCCCNC(=S)NCCC[Si-](OC)(OC)OC. The van der Waals surface area contributed by atoms with Gasteiger partial charge in [0.25, 0.3) is 8.80 Å². The van der Waals surface area contributed by atoms with Gasteiger partial charge < -0.3 is 23.9 Å². The fourth-order valence-electron chi connectivity index (χ4n) is 1.50. The Kier molecular flexibility index (Phi) is 10.6. The summed E-state index contributed by atoms with van der Waals surface area (Å²) < 4.78 is 16.0. The van der Waals surface area contributed by atoms with Gasteiger partial charge in [0.05, 0.1) is 0 Å². The Hall–Kier alpha value is -0.213. The third kappa shape index (κ3) is 7.27. The third-order valence-electron chi connectivity index (χ3n) is 2.69. The van der Waals surface area contributed by atoms with Crippen molar-refractivity contribution in [1.82, 2.24) is 10.6 Å². The first-order valence-corrected chi connectivity index (χ1v) is 8.65. The molecule has 18 heavy (non-hydrogen) atoms. The summed E-state index contributed by atoms with van der Waals surface area (Å²) in [4.78, 5) is 0. The van der Waals surface area contributed by atoms with E-state index < -0.39 is 8.80 Å². The highest BCUT2D eigenvalue weighted by Crippen LogP contribution is 2.14. The van der Waals surface area contributed by atoms with E-state index in [-0.39, 0.29) is 0 Å². The Bertz CT molecular complexity index is 220. The van der Waals surface area contributed by atoms with Gasteiger partial charge in [-0.3, -0.25) is 0 Å². The lowest BCUT2D eigenvalue weighted by atomic mass is 10.3. The molecule has 0 radical (unpaired) electrons. The summed E-state index contributed by atoms with van der Waals surface area (Å²) in [7, 11) is 2.46. The van der Waals surface area contributed by atoms with Gasteiger partial charge in [-0.15, -0.1) is 0 Å². The van der Waals surface area contributed by atoms with E-state index in [9.17, 15) is 0 Å². The number of unbranched alkanes of at least 4 members (excludes halogenated alkanes) is 1. The molecule has 0 rings (SSSR count). The van der Waals surface area contributed by atoms with Crippen LogP contribution in [0.2, 0.25) is 6.04 Å². The van der Waals surface area contributed by atoms with Crippen LogP contribution in [0.15, 0.2) is 0 Å². The molecule has 0 spiro atoms. The topological polar surface area (TPSA) is 51.8 Å². The van der Waals surface area contributed by atoms with Crippen molar-refractivity contribution < 1.29 is 13.3 Å². The third-order valence-corrected chi connectivity index (χ3v) is 5.81. The first kappa shape index (κ1) is 17.8. The molecule has 0 amide bonds. The van der Waals surface area contributed by atoms with E-state index >= 15 is 0 Å². The number of thiocarbonyl (C=S) groups is 1. The maximum absolute atomic E-state index is 5.34. The van der Waals surface area contributed by atoms with Crippen molar-refractivity contribution >= 4 is 26.1 Å². The highest BCUT2D eigenvalue weighted by Gasteiger charge is 2.20. The molecule has 0 bridgehead atoms. The Labute approximate surface area is 117 Å². The van der Waals surface area contributed by atoms with E-state index in [0.717, 1.165) is 32.0 Å². The monoisotopic (exact) mass is 294 g/mol. The minimum absolute atomic E-state index is 0.711. The smallest absolute Gasteiger partial charge is 0.280 e. The molecular formula is C11H26N2O3SSi-. The highest BCUT2D eigenvalue weighted by molar-refractivity contribution is 7.80. The van der Waals surface area contributed by atoms with Crippen LogP contribution in [-0.2, 0) is 13.3 Å². The zero-order chi connectivity index (χ0) is 13.9. The standard InChI is InChI=1S/C11H26N2O3SSi/c1-5-6-8-12-11(17)13-9-7-10-18(14-2,15-3)16-4/h5-10H2,1-4H3,(H2,12,13,17)/q-1. The van der Waals surface area contributed by atoms with Crippen molar-refractivity contribution in [2.24, 2.45) is 0 Å². The lowest BCUT2D eigenvalue weighted by Gasteiger charge is -2.38. The molecule has 0 saturated heterocycles. The first-order valence-electron chi connectivity index (χ1n) is 6.31. The van der Waals surface area contributed by atoms with Crippen LogP contribution < -0.4 is 10.6 Å². The second-order valence-electron chi connectivity index (χ2n) is 3.94. The zero-order valence-corrected chi connectivity index (χ0v) is 13.7. The van der Waals surface area contributed by atoms with Gasteiger partial charge in [-0.05, 0) is 40.0 Å². The Morgan fingerprint density at radius 1 is 1.00 bits per heavy atom. The van der Waals surface area contributed by atoms with E-state index in [1.807, 2.05) is 0 Å². The van der Waals surface area contributed by atoms with Crippen molar-refractivity contribution in [3.05, 3.63) is 0 Å². The van der Waals surface area contributed by atoms with E-state index in [1.54, 1.807) is 21.3 Å². The average molecular weight is 294 g/mol. The van der Waals surface area contributed by atoms with E-state index in [0.29, 0.717) is 5.11 Å². The van der Waals surface area contributed by atoms with Gasteiger partial charge in [0.1, 0.15) is 0 Å². The molecule has 109 valence electrons.